The van der Waals surface area contributed by atoms with E-state index in [1.54, 1.807) is 0 Å². The Bertz CT molecular complexity index is 1040. The first-order valence-electron chi connectivity index (χ1n) is 8.28. The van der Waals surface area contributed by atoms with Crippen molar-refractivity contribution in [2.24, 2.45) is 0 Å². The zero-order valence-corrected chi connectivity index (χ0v) is 15.4. The van der Waals surface area contributed by atoms with Crippen molar-refractivity contribution in [1.29, 1.82) is 0 Å². The molecule has 1 aliphatic carbocycles. The summed E-state index contributed by atoms with van der Waals surface area (Å²) in [5.74, 6) is 0. The minimum atomic E-state index is -3.25. The van der Waals surface area contributed by atoms with Crippen LogP contribution in [0.15, 0.2) is 48.7 Å². The second kappa shape index (κ2) is 6.07. The predicted octanol–water partition coefficient (Wildman–Crippen LogP) is 4.56. The molecule has 3 aromatic rings. The van der Waals surface area contributed by atoms with Gasteiger partial charge in [-0.15, -0.1) is 0 Å². The quantitative estimate of drug-likeness (QED) is 0.711. The van der Waals surface area contributed by atoms with Crippen LogP contribution in [-0.2, 0) is 16.6 Å². The molecule has 0 unspecified atom stereocenters. The normalized spacial score (nSPS) is 14.8. The van der Waals surface area contributed by atoms with Crippen molar-refractivity contribution in [3.63, 3.8) is 0 Å². The summed E-state index contributed by atoms with van der Waals surface area (Å²) in [7, 11) is -3.25. The van der Waals surface area contributed by atoms with E-state index < -0.39 is 10.0 Å². The highest BCUT2D eigenvalue weighted by Gasteiger charge is 2.35. The number of halogens is 1. The number of benzene rings is 2. The number of aryl methyl sites for hydroxylation is 1. The van der Waals surface area contributed by atoms with Crippen LogP contribution in [-0.4, -0.2) is 18.2 Å². The van der Waals surface area contributed by atoms with Crippen LogP contribution in [0.3, 0.4) is 0 Å². The van der Waals surface area contributed by atoms with Gasteiger partial charge in [0.1, 0.15) is 0 Å². The van der Waals surface area contributed by atoms with Gasteiger partial charge in [-0.2, -0.15) is 0 Å². The SMILES string of the molecule is Cc1cn(Cc2ccc(Cl)cc2)c2cc(NS(=O)(=O)C3CC3)ccc12. The van der Waals surface area contributed by atoms with Crippen LogP contribution in [0, 0.1) is 6.92 Å². The first kappa shape index (κ1) is 16.5. The fourth-order valence-corrected chi connectivity index (χ4v) is 4.59. The van der Waals surface area contributed by atoms with E-state index in [0.717, 1.165) is 29.3 Å². The number of rotatable bonds is 5. The predicted molar refractivity (Wildman–Crippen MR) is 103 cm³/mol. The van der Waals surface area contributed by atoms with E-state index in [1.807, 2.05) is 42.5 Å². The van der Waals surface area contributed by atoms with Crippen LogP contribution in [0.25, 0.3) is 10.9 Å². The average molecular weight is 375 g/mol. The maximum atomic E-state index is 12.2. The fraction of sp³-hybridized carbons (Fsp3) is 0.263. The summed E-state index contributed by atoms with van der Waals surface area (Å²) in [4.78, 5) is 0. The zero-order chi connectivity index (χ0) is 17.6. The summed E-state index contributed by atoms with van der Waals surface area (Å²) in [5, 5.41) is 1.61. The van der Waals surface area contributed by atoms with Gasteiger partial charge in [0.15, 0.2) is 0 Å². The number of nitrogens with zero attached hydrogens (tertiary/aromatic N) is 1. The standard InChI is InChI=1S/C19H19ClN2O2S/c1-13-11-22(12-14-2-4-15(20)5-3-14)19-10-16(6-9-18(13)19)21-25(23,24)17-7-8-17/h2-6,9-11,17,21H,7-8,12H2,1H3. The third kappa shape index (κ3) is 3.39. The van der Waals surface area contributed by atoms with E-state index in [4.69, 9.17) is 11.6 Å². The molecule has 1 N–H and O–H groups in total. The Morgan fingerprint density at radius 3 is 2.56 bits per heavy atom. The Morgan fingerprint density at radius 2 is 1.88 bits per heavy atom. The van der Waals surface area contributed by atoms with E-state index in [1.165, 1.54) is 5.56 Å². The summed E-state index contributed by atoms with van der Waals surface area (Å²) in [6, 6.07) is 13.5. The summed E-state index contributed by atoms with van der Waals surface area (Å²) < 4.78 is 29.2. The van der Waals surface area contributed by atoms with Crippen molar-refractivity contribution in [2.75, 3.05) is 4.72 Å². The lowest BCUT2D eigenvalue weighted by Gasteiger charge is -2.09. The van der Waals surface area contributed by atoms with E-state index in [9.17, 15) is 8.42 Å². The molecule has 0 saturated heterocycles. The Balaban J connectivity index is 1.69. The monoisotopic (exact) mass is 374 g/mol. The first-order chi connectivity index (χ1) is 11.9. The highest BCUT2D eigenvalue weighted by atomic mass is 35.5. The summed E-state index contributed by atoms with van der Waals surface area (Å²) >= 11 is 5.95. The Kier molecular flexibility index (Phi) is 4.01. The number of sulfonamides is 1. The Labute approximate surface area is 152 Å². The molecule has 0 bridgehead atoms. The van der Waals surface area contributed by atoms with Gasteiger partial charge in [0.2, 0.25) is 10.0 Å². The third-order valence-electron chi connectivity index (χ3n) is 4.57. The number of anilines is 1. The lowest BCUT2D eigenvalue weighted by Crippen LogP contribution is -2.17. The highest BCUT2D eigenvalue weighted by Crippen LogP contribution is 2.31. The van der Waals surface area contributed by atoms with Gasteiger partial charge >= 0.3 is 0 Å². The van der Waals surface area contributed by atoms with Gasteiger partial charge in [-0.25, -0.2) is 8.42 Å². The van der Waals surface area contributed by atoms with E-state index in [2.05, 4.69) is 22.4 Å². The Hall–Kier alpha value is -1.98. The fourth-order valence-electron chi connectivity index (χ4n) is 3.08. The molecule has 0 atom stereocenters. The van der Waals surface area contributed by atoms with Crippen molar-refractivity contribution < 1.29 is 8.42 Å². The van der Waals surface area contributed by atoms with Crippen molar-refractivity contribution in [3.8, 4) is 0 Å². The van der Waals surface area contributed by atoms with Crippen molar-refractivity contribution in [2.45, 2.75) is 31.6 Å². The number of hydrogen-bond donors (Lipinski definition) is 1. The lowest BCUT2D eigenvalue weighted by molar-refractivity contribution is 0.600. The van der Waals surface area contributed by atoms with Gasteiger partial charge in [-0.3, -0.25) is 4.72 Å². The van der Waals surface area contributed by atoms with Gasteiger partial charge in [0, 0.05) is 23.2 Å². The molecule has 1 heterocycles. The van der Waals surface area contributed by atoms with Gasteiger partial charge in [-0.05, 0) is 55.2 Å². The largest absolute Gasteiger partial charge is 0.343 e. The van der Waals surface area contributed by atoms with Crippen LogP contribution < -0.4 is 4.72 Å². The molecule has 1 fully saturated rings. The van der Waals surface area contributed by atoms with Gasteiger partial charge < -0.3 is 4.57 Å². The molecule has 0 spiro atoms. The van der Waals surface area contributed by atoms with Crippen LogP contribution in [0.5, 0.6) is 0 Å². The third-order valence-corrected chi connectivity index (χ3v) is 6.69. The lowest BCUT2D eigenvalue weighted by atomic mass is 10.2. The van der Waals surface area contributed by atoms with E-state index in [0.29, 0.717) is 17.3 Å². The molecule has 4 nitrogen and oxygen atoms in total. The van der Waals surface area contributed by atoms with Crippen LogP contribution in [0.2, 0.25) is 5.02 Å². The van der Waals surface area contributed by atoms with E-state index in [-0.39, 0.29) is 5.25 Å². The molecule has 0 radical (unpaired) electrons. The molecule has 1 aromatic heterocycles. The number of fused-ring (bicyclic) bond motifs is 1. The molecular formula is C19H19ClN2O2S. The highest BCUT2D eigenvalue weighted by molar-refractivity contribution is 7.93. The van der Waals surface area contributed by atoms with Crippen molar-refractivity contribution in [1.82, 2.24) is 4.57 Å². The zero-order valence-electron chi connectivity index (χ0n) is 13.9. The van der Waals surface area contributed by atoms with Crippen LogP contribution in [0.1, 0.15) is 24.0 Å². The second-order valence-electron chi connectivity index (χ2n) is 6.64. The molecule has 1 aliphatic rings. The number of aromatic nitrogens is 1. The van der Waals surface area contributed by atoms with E-state index >= 15 is 0 Å². The number of nitrogens with one attached hydrogen (secondary N) is 1. The summed E-state index contributed by atoms with van der Waals surface area (Å²) in [5.41, 5.74) is 3.95. The maximum absolute atomic E-state index is 12.2. The summed E-state index contributed by atoms with van der Waals surface area (Å²) in [6.45, 7) is 2.77. The van der Waals surface area contributed by atoms with Gasteiger partial charge in [0.25, 0.3) is 0 Å². The molecule has 0 aliphatic heterocycles. The molecule has 4 rings (SSSR count). The average Bonchev–Trinajstić information content (AvgIpc) is 3.37. The molecule has 25 heavy (non-hydrogen) atoms. The molecule has 6 heteroatoms. The topological polar surface area (TPSA) is 51.1 Å². The number of hydrogen-bond acceptors (Lipinski definition) is 2. The van der Waals surface area contributed by atoms with Crippen LogP contribution >= 0.6 is 11.6 Å². The molecule has 1 saturated carbocycles. The van der Waals surface area contributed by atoms with Crippen molar-refractivity contribution >= 4 is 38.2 Å². The van der Waals surface area contributed by atoms with Crippen molar-refractivity contribution in [3.05, 3.63) is 64.8 Å². The molecule has 0 amide bonds. The smallest absolute Gasteiger partial charge is 0.235 e. The second-order valence-corrected chi connectivity index (χ2v) is 9.04. The van der Waals surface area contributed by atoms with Gasteiger partial charge in [-0.1, -0.05) is 29.8 Å². The minimum Gasteiger partial charge on any atom is -0.343 e. The summed E-state index contributed by atoms with van der Waals surface area (Å²) in [6.07, 6.45) is 3.60. The minimum absolute atomic E-state index is 0.231. The van der Waals surface area contributed by atoms with Gasteiger partial charge in [0.05, 0.1) is 16.5 Å². The molecule has 2 aromatic carbocycles. The molecular weight excluding hydrogens is 356 g/mol. The first-order valence-corrected chi connectivity index (χ1v) is 10.2. The molecule has 130 valence electrons. The van der Waals surface area contributed by atoms with Crippen LogP contribution in [0.4, 0.5) is 5.69 Å². The Morgan fingerprint density at radius 1 is 1.16 bits per heavy atom. The maximum Gasteiger partial charge on any atom is 0.235 e.